The molecule has 2 aromatic heterocycles. The quantitative estimate of drug-likeness (QED) is 0.811. The lowest BCUT2D eigenvalue weighted by molar-refractivity contribution is 0.926. The lowest BCUT2D eigenvalue weighted by Gasteiger charge is -2.06. The molecule has 0 aromatic carbocycles. The molecule has 0 spiro atoms. The van der Waals surface area contributed by atoms with Crippen LogP contribution in [0, 0.1) is 6.92 Å². The molecule has 0 saturated heterocycles. The van der Waals surface area contributed by atoms with Crippen LogP contribution in [0.1, 0.15) is 11.1 Å². The molecule has 0 radical (unpaired) electrons. The van der Waals surface area contributed by atoms with Crippen LogP contribution in [0.5, 0.6) is 0 Å². The fourth-order valence-corrected chi connectivity index (χ4v) is 2.10. The van der Waals surface area contributed by atoms with Crippen LogP contribution in [0.15, 0.2) is 28.8 Å². The van der Waals surface area contributed by atoms with Gasteiger partial charge in [-0.25, -0.2) is 9.97 Å². The van der Waals surface area contributed by atoms with E-state index in [1.54, 1.807) is 6.20 Å². The predicted octanol–water partition coefficient (Wildman–Crippen LogP) is 1.12. The van der Waals surface area contributed by atoms with Gasteiger partial charge in [-0.05, 0) is 30.3 Å². The molecular weight excluding hydrogens is 210 g/mol. The van der Waals surface area contributed by atoms with E-state index in [2.05, 4.69) is 20.2 Å². The maximum atomic E-state index is 5.68. The molecule has 0 atom stereocenters. The summed E-state index contributed by atoms with van der Waals surface area (Å²) < 4.78 is 0. The molecule has 0 bridgehead atoms. The Kier molecular flexibility index (Phi) is 2.98. The van der Waals surface area contributed by atoms with E-state index in [-0.39, 0.29) is 0 Å². The SMILES string of the molecule is Cc1ccnc(Sc2ncn[nH]2)c1CN. The topological polar surface area (TPSA) is 80.5 Å². The number of aromatic amines is 1. The number of H-pyrrole nitrogens is 1. The van der Waals surface area contributed by atoms with Crippen LogP contribution in [0.3, 0.4) is 0 Å². The molecule has 0 aliphatic rings. The highest BCUT2D eigenvalue weighted by molar-refractivity contribution is 7.99. The number of nitrogens with two attached hydrogens (primary N) is 1. The summed E-state index contributed by atoms with van der Waals surface area (Å²) in [6.07, 6.45) is 3.24. The van der Waals surface area contributed by atoms with E-state index in [4.69, 9.17) is 5.73 Å². The second-order valence-corrected chi connectivity index (χ2v) is 3.99. The van der Waals surface area contributed by atoms with E-state index in [1.807, 2.05) is 13.0 Å². The third-order valence-corrected chi connectivity index (χ3v) is 2.98. The van der Waals surface area contributed by atoms with Crippen molar-refractivity contribution < 1.29 is 0 Å². The van der Waals surface area contributed by atoms with Crippen LogP contribution < -0.4 is 5.73 Å². The Morgan fingerprint density at radius 1 is 1.47 bits per heavy atom. The first-order chi connectivity index (χ1) is 7.31. The largest absolute Gasteiger partial charge is 0.326 e. The zero-order chi connectivity index (χ0) is 10.7. The summed E-state index contributed by atoms with van der Waals surface area (Å²) in [5, 5.41) is 8.17. The first kappa shape index (κ1) is 10.1. The van der Waals surface area contributed by atoms with Crippen molar-refractivity contribution in [3.05, 3.63) is 29.7 Å². The predicted molar refractivity (Wildman–Crippen MR) is 57.4 cm³/mol. The molecule has 0 fully saturated rings. The minimum atomic E-state index is 0.482. The molecule has 0 aliphatic heterocycles. The van der Waals surface area contributed by atoms with Crippen molar-refractivity contribution in [2.45, 2.75) is 23.7 Å². The first-order valence-electron chi connectivity index (χ1n) is 4.49. The van der Waals surface area contributed by atoms with Gasteiger partial charge in [-0.3, -0.25) is 5.10 Å². The molecule has 0 aliphatic carbocycles. The van der Waals surface area contributed by atoms with Crippen LogP contribution in [0.2, 0.25) is 0 Å². The highest BCUT2D eigenvalue weighted by Gasteiger charge is 2.08. The van der Waals surface area contributed by atoms with Gasteiger partial charge in [0, 0.05) is 18.3 Å². The van der Waals surface area contributed by atoms with Crippen molar-refractivity contribution in [3.8, 4) is 0 Å². The number of nitrogens with one attached hydrogen (secondary N) is 1. The standard InChI is InChI=1S/C9H11N5S/c1-6-2-3-11-8(7(6)4-10)15-9-12-5-13-14-9/h2-3,5H,4,10H2,1H3,(H,12,13,14). The smallest absolute Gasteiger partial charge is 0.189 e. The van der Waals surface area contributed by atoms with E-state index < -0.39 is 0 Å². The lowest BCUT2D eigenvalue weighted by atomic mass is 10.2. The number of aryl methyl sites for hydroxylation is 1. The van der Waals surface area contributed by atoms with Gasteiger partial charge in [-0.1, -0.05) is 0 Å². The minimum Gasteiger partial charge on any atom is -0.326 e. The minimum absolute atomic E-state index is 0.482. The maximum absolute atomic E-state index is 5.68. The van der Waals surface area contributed by atoms with Crippen LogP contribution in [0.25, 0.3) is 0 Å². The summed E-state index contributed by atoms with van der Waals surface area (Å²) in [6.45, 7) is 2.50. The van der Waals surface area contributed by atoms with E-state index in [9.17, 15) is 0 Å². The summed E-state index contributed by atoms with van der Waals surface area (Å²) in [7, 11) is 0. The molecule has 5 nitrogen and oxygen atoms in total. The van der Waals surface area contributed by atoms with Crippen LogP contribution in [-0.2, 0) is 6.54 Å². The van der Waals surface area contributed by atoms with Crippen molar-refractivity contribution in [2.24, 2.45) is 5.73 Å². The van der Waals surface area contributed by atoms with Crippen molar-refractivity contribution >= 4 is 11.8 Å². The van der Waals surface area contributed by atoms with E-state index in [1.165, 1.54) is 18.1 Å². The van der Waals surface area contributed by atoms with Crippen molar-refractivity contribution in [3.63, 3.8) is 0 Å². The van der Waals surface area contributed by atoms with Gasteiger partial charge >= 0.3 is 0 Å². The molecule has 0 amide bonds. The zero-order valence-electron chi connectivity index (χ0n) is 8.27. The van der Waals surface area contributed by atoms with Crippen molar-refractivity contribution in [1.82, 2.24) is 20.2 Å². The van der Waals surface area contributed by atoms with Gasteiger partial charge in [0.2, 0.25) is 0 Å². The normalized spacial score (nSPS) is 10.5. The summed E-state index contributed by atoms with van der Waals surface area (Å²) in [5.41, 5.74) is 7.88. The Morgan fingerprint density at radius 3 is 3.00 bits per heavy atom. The monoisotopic (exact) mass is 221 g/mol. The van der Waals surface area contributed by atoms with Crippen LogP contribution in [0.4, 0.5) is 0 Å². The van der Waals surface area contributed by atoms with Gasteiger partial charge in [0.1, 0.15) is 11.4 Å². The number of rotatable bonds is 3. The molecule has 3 N–H and O–H groups in total. The molecule has 2 heterocycles. The summed E-state index contributed by atoms with van der Waals surface area (Å²) >= 11 is 1.44. The highest BCUT2D eigenvalue weighted by Crippen LogP contribution is 2.26. The summed E-state index contributed by atoms with van der Waals surface area (Å²) in [5.74, 6) is 0. The Morgan fingerprint density at radius 2 is 2.33 bits per heavy atom. The highest BCUT2D eigenvalue weighted by atomic mass is 32.2. The zero-order valence-corrected chi connectivity index (χ0v) is 9.08. The fourth-order valence-electron chi connectivity index (χ4n) is 1.24. The first-order valence-corrected chi connectivity index (χ1v) is 5.30. The van der Waals surface area contributed by atoms with Crippen LogP contribution >= 0.6 is 11.8 Å². The van der Waals surface area contributed by atoms with Crippen molar-refractivity contribution in [2.75, 3.05) is 0 Å². The van der Waals surface area contributed by atoms with Gasteiger partial charge in [0.25, 0.3) is 0 Å². The Hall–Kier alpha value is -1.40. The second-order valence-electron chi connectivity index (χ2n) is 3.01. The van der Waals surface area contributed by atoms with Crippen LogP contribution in [-0.4, -0.2) is 20.2 Å². The lowest BCUT2D eigenvalue weighted by Crippen LogP contribution is -2.02. The van der Waals surface area contributed by atoms with E-state index in [0.717, 1.165) is 21.3 Å². The van der Waals surface area contributed by atoms with E-state index >= 15 is 0 Å². The molecule has 2 rings (SSSR count). The Balaban J connectivity index is 2.32. The number of hydrogen-bond acceptors (Lipinski definition) is 5. The number of hydrogen-bond donors (Lipinski definition) is 2. The van der Waals surface area contributed by atoms with E-state index in [0.29, 0.717) is 6.54 Å². The third kappa shape index (κ3) is 2.16. The van der Waals surface area contributed by atoms with Crippen molar-refractivity contribution in [1.29, 1.82) is 0 Å². The van der Waals surface area contributed by atoms with Gasteiger partial charge in [-0.15, -0.1) is 0 Å². The molecule has 6 heteroatoms. The average molecular weight is 221 g/mol. The molecule has 0 unspecified atom stereocenters. The molecule has 78 valence electrons. The van der Waals surface area contributed by atoms with Gasteiger partial charge < -0.3 is 5.73 Å². The van der Waals surface area contributed by atoms with Gasteiger partial charge in [0.05, 0.1) is 0 Å². The number of aromatic nitrogens is 4. The third-order valence-electron chi connectivity index (χ3n) is 2.04. The number of pyridine rings is 1. The fraction of sp³-hybridized carbons (Fsp3) is 0.222. The molecule has 15 heavy (non-hydrogen) atoms. The second kappa shape index (κ2) is 4.41. The maximum Gasteiger partial charge on any atom is 0.189 e. The molecule has 2 aromatic rings. The van der Waals surface area contributed by atoms with Gasteiger partial charge in [0.15, 0.2) is 5.16 Å². The Bertz CT molecular complexity index is 440. The number of nitrogens with zero attached hydrogens (tertiary/aromatic N) is 3. The average Bonchev–Trinajstić information content (AvgIpc) is 2.71. The summed E-state index contributed by atoms with van der Waals surface area (Å²) in [6, 6.07) is 1.95. The van der Waals surface area contributed by atoms with Gasteiger partial charge in [-0.2, -0.15) is 5.10 Å². The Labute approximate surface area is 91.5 Å². The summed E-state index contributed by atoms with van der Waals surface area (Å²) in [4.78, 5) is 8.31. The molecule has 0 saturated carbocycles. The molecular formula is C9H11N5S.